The van der Waals surface area contributed by atoms with E-state index in [1.807, 2.05) is 36.1 Å². The number of piperazine rings is 1. The average molecular weight is 348 g/mol. The summed E-state index contributed by atoms with van der Waals surface area (Å²) in [5, 5.41) is 4.28. The number of nitrogens with zero attached hydrogens (tertiary/aromatic N) is 2. The molecule has 1 atom stereocenters. The molecule has 1 aromatic heterocycles. The topological polar surface area (TPSA) is 45.2 Å². The van der Waals surface area contributed by atoms with Gasteiger partial charge in [-0.2, -0.15) is 0 Å². The third-order valence-electron chi connectivity index (χ3n) is 3.79. The predicted molar refractivity (Wildman–Crippen MR) is 87.5 cm³/mol. The fourth-order valence-electron chi connectivity index (χ4n) is 2.80. The van der Waals surface area contributed by atoms with Gasteiger partial charge in [0.1, 0.15) is 0 Å². The van der Waals surface area contributed by atoms with Crippen molar-refractivity contribution in [3.8, 4) is 0 Å². The summed E-state index contributed by atoms with van der Waals surface area (Å²) in [6, 6.07) is 8.11. The molecule has 21 heavy (non-hydrogen) atoms. The van der Waals surface area contributed by atoms with Gasteiger partial charge in [0.25, 0.3) is 5.91 Å². The highest BCUT2D eigenvalue weighted by Crippen LogP contribution is 2.24. The lowest BCUT2D eigenvalue weighted by molar-refractivity contribution is 0.0711. The van der Waals surface area contributed by atoms with E-state index in [1.165, 1.54) is 0 Å². The second kappa shape index (κ2) is 5.73. The monoisotopic (exact) mass is 347 g/mol. The molecule has 0 aliphatic carbocycles. The molecule has 2 heterocycles. The maximum absolute atomic E-state index is 12.9. The number of carbonyl (C=O) groups is 1. The van der Waals surface area contributed by atoms with E-state index in [-0.39, 0.29) is 5.91 Å². The third-order valence-corrected chi connectivity index (χ3v) is 4.28. The van der Waals surface area contributed by atoms with Crippen LogP contribution in [0.25, 0.3) is 10.9 Å². The normalized spacial score (nSPS) is 19.0. The number of hydrogen-bond donors (Lipinski definition) is 1. The summed E-state index contributed by atoms with van der Waals surface area (Å²) in [5.74, 6) is 0.0983. The standard InChI is InChI=1S/C16H18BrN3O/c1-10-7-14(13-4-3-12(17)8-15(13)19-10)16(21)20-6-5-18-11(2)9-20/h3-4,7-8,11,18H,5-6,9H2,1-2H3/t11-/m1/s1. The van der Waals surface area contributed by atoms with Gasteiger partial charge in [0, 0.05) is 41.2 Å². The van der Waals surface area contributed by atoms with Gasteiger partial charge in [0.2, 0.25) is 0 Å². The number of benzene rings is 1. The zero-order chi connectivity index (χ0) is 15.0. The first kappa shape index (κ1) is 14.5. The van der Waals surface area contributed by atoms with Crippen LogP contribution in [0.2, 0.25) is 0 Å². The summed E-state index contributed by atoms with van der Waals surface area (Å²) < 4.78 is 0.974. The molecular formula is C16H18BrN3O. The molecule has 1 aromatic carbocycles. The molecule has 2 aromatic rings. The molecule has 0 spiro atoms. The van der Waals surface area contributed by atoms with Crippen LogP contribution in [0, 0.1) is 6.92 Å². The molecule has 0 bridgehead atoms. The van der Waals surface area contributed by atoms with Crippen LogP contribution in [0.4, 0.5) is 0 Å². The number of hydrogen-bond acceptors (Lipinski definition) is 3. The van der Waals surface area contributed by atoms with Crippen LogP contribution in [-0.2, 0) is 0 Å². The molecule has 1 amide bonds. The number of carbonyl (C=O) groups excluding carboxylic acids is 1. The Morgan fingerprint density at radius 3 is 3.00 bits per heavy atom. The number of aryl methyl sites for hydroxylation is 1. The number of aromatic nitrogens is 1. The zero-order valence-corrected chi connectivity index (χ0v) is 13.8. The number of pyridine rings is 1. The maximum atomic E-state index is 12.9. The first-order chi connectivity index (χ1) is 10.0. The Hall–Kier alpha value is -1.46. The van der Waals surface area contributed by atoms with E-state index in [1.54, 1.807) is 0 Å². The number of halogens is 1. The summed E-state index contributed by atoms with van der Waals surface area (Å²) in [5.41, 5.74) is 2.47. The summed E-state index contributed by atoms with van der Waals surface area (Å²) in [6.45, 7) is 6.38. The van der Waals surface area contributed by atoms with Gasteiger partial charge in [-0.1, -0.05) is 22.0 Å². The molecule has 0 saturated carbocycles. The Bertz CT molecular complexity index is 696. The zero-order valence-electron chi connectivity index (χ0n) is 12.2. The molecule has 5 heteroatoms. The smallest absolute Gasteiger partial charge is 0.254 e. The first-order valence-electron chi connectivity index (χ1n) is 7.14. The van der Waals surface area contributed by atoms with E-state index in [9.17, 15) is 4.79 Å². The van der Waals surface area contributed by atoms with Crippen molar-refractivity contribution in [2.45, 2.75) is 19.9 Å². The first-order valence-corrected chi connectivity index (χ1v) is 7.93. The van der Waals surface area contributed by atoms with Crippen LogP contribution < -0.4 is 5.32 Å². The average Bonchev–Trinajstić information content (AvgIpc) is 2.45. The van der Waals surface area contributed by atoms with E-state index < -0.39 is 0 Å². The highest BCUT2D eigenvalue weighted by atomic mass is 79.9. The van der Waals surface area contributed by atoms with Crippen molar-refractivity contribution < 1.29 is 4.79 Å². The van der Waals surface area contributed by atoms with Gasteiger partial charge < -0.3 is 10.2 Å². The van der Waals surface area contributed by atoms with Gasteiger partial charge >= 0.3 is 0 Å². The molecule has 1 aliphatic rings. The highest BCUT2D eigenvalue weighted by Gasteiger charge is 2.23. The Labute approximate surface area is 132 Å². The van der Waals surface area contributed by atoms with Gasteiger partial charge in [-0.25, -0.2) is 0 Å². The number of rotatable bonds is 1. The van der Waals surface area contributed by atoms with Gasteiger partial charge in [-0.15, -0.1) is 0 Å². The van der Waals surface area contributed by atoms with Crippen LogP contribution in [0.5, 0.6) is 0 Å². The summed E-state index contributed by atoms with van der Waals surface area (Å²) in [6.07, 6.45) is 0. The van der Waals surface area contributed by atoms with E-state index in [4.69, 9.17) is 0 Å². The largest absolute Gasteiger partial charge is 0.336 e. The molecule has 1 aliphatic heterocycles. The predicted octanol–water partition coefficient (Wildman–Crippen LogP) is 2.74. The second-order valence-corrected chi connectivity index (χ2v) is 6.49. The number of fused-ring (bicyclic) bond motifs is 1. The Balaban J connectivity index is 2.04. The van der Waals surface area contributed by atoms with Crippen LogP contribution in [-0.4, -0.2) is 41.5 Å². The van der Waals surface area contributed by atoms with Crippen LogP contribution in [0.15, 0.2) is 28.7 Å². The molecule has 1 saturated heterocycles. The van der Waals surface area contributed by atoms with Crippen LogP contribution in [0.1, 0.15) is 23.0 Å². The van der Waals surface area contributed by atoms with Crippen LogP contribution >= 0.6 is 15.9 Å². The van der Waals surface area contributed by atoms with Crippen molar-refractivity contribution in [1.29, 1.82) is 0 Å². The van der Waals surface area contributed by atoms with Crippen molar-refractivity contribution in [3.05, 3.63) is 40.0 Å². The fourth-order valence-corrected chi connectivity index (χ4v) is 3.15. The Morgan fingerprint density at radius 2 is 2.24 bits per heavy atom. The highest BCUT2D eigenvalue weighted by molar-refractivity contribution is 9.10. The van der Waals surface area contributed by atoms with Gasteiger partial charge in [-0.3, -0.25) is 9.78 Å². The molecule has 110 valence electrons. The third kappa shape index (κ3) is 2.94. The Morgan fingerprint density at radius 1 is 1.43 bits per heavy atom. The lowest BCUT2D eigenvalue weighted by Gasteiger charge is -2.32. The molecule has 1 N–H and O–H groups in total. The van der Waals surface area contributed by atoms with Crippen molar-refractivity contribution in [1.82, 2.24) is 15.2 Å². The summed E-state index contributed by atoms with van der Waals surface area (Å²) in [4.78, 5) is 19.3. The quantitative estimate of drug-likeness (QED) is 0.862. The molecule has 1 fully saturated rings. The molecular weight excluding hydrogens is 330 g/mol. The Kier molecular flexibility index (Phi) is 3.95. The van der Waals surface area contributed by atoms with Gasteiger partial charge in [0.05, 0.1) is 11.1 Å². The lowest BCUT2D eigenvalue weighted by atomic mass is 10.1. The number of amides is 1. The molecule has 4 nitrogen and oxygen atoms in total. The minimum atomic E-state index is 0.0983. The van der Waals surface area contributed by atoms with Crippen molar-refractivity contribution >= 4 is 32.7 Å². The maximum Gasteiger partial charge on any atom is 0.254 e. The minimum absolute atomic E-state index is 0.0983. The van der Waals surface area contributed by atoms with E-state index in [0.717, 1.165) is 46.3 Å². The summed E-state index contributed by atoms with van der Waals surface area (Å²) in [7, 11) is 0. The minimum Gasteiger partial charge on any atom is -0.336 e. The lowest BCUT2D eigenvalue weighted by Crippen LogP contribution is -2.51. The molecule has 3 rings (SSSR count). The van der Waals surface area contributed by atoms with Crippen molar-refractivity contribution in [3.63, 3.8) is 0 Å². The fraction of sp³-hybridized carbons (Fsp3) is 0.375. The molecule has 0 unspecified atom stereocenters. The van der Waals surface area contributed by atoms with E-state index in [2.05, 4.69) is 33.2 Å². The van der Waals surface area contributed by atoms with Gasteiger partial charge in [-0.05, 0) is 32.0 Å². The van der Waals surface area contributed by atoms with Crippen molar-refractivity contribution in [2.75, 3.05) is 19.6 Å². The SMILES string of the molecule is Cc1cc(C(=O)N2CCN[C@H](C)C2)c2ccc(Br)cc2n1. The van der Waals surface area contributed by atoms with E-state index in [0.29, 0.717) is 6.04 Å². The number of nitrogens with one attached hydrogen (secondary N) is 1. The van der Waals surface area contributed by atoms with E-state index >= 15 is 0 Å². The van der Waals surface area contributed by atoms with Crippen LogP contribution in [0.3, 0.4) is 0 Å². The summed E-state index contributed by atoms with van der Waals surface area (Å²) >= 11 is 3.46. The second-order valence-electron chi connectivity index (χ2n) is 5.58. The van der Waals surface area contributed by atoms with Gasteiger partial charge in [0.15, 0.2) is 0 Å². The van der Waals surface area contributed by atoms with Crippen molar-refractivity contribution in [2.24, 2.45) is 0 Å². The molecule has 0 radical (unpaired) electrons.